The normalized spacial score (nSPS) is 11.5. The summed E-state index contributed by atoms with van der Waals surface area (Å²) in [6, 6.07) is 0.0871. The first-order valence-corrected chi connectivity index (χ1v) is 2.99. The van der Waals surface area contributed by atoms with E-state index in [-0.39, 0.29) is 24.4 Å². The van der Waals surface area contributed by atoms with Gasteiger partial charge in [-0.25, -0.2) is 0 Å². The molecule has 0 radical (unpaired) electrons. The number of methoxy groups -OCH3 is 1. The van der Waals surface area contributed by atoms with Crippen LogP contribution in [0.5, 0.6) is 0 Å². The van der Waals surface area contributed by atoms with E-state index >= 15 is 0 Å². The van der Waals surface area contributed by atoms with Crippen molar-refractivity contribution in [1.29, 1.82) is 0 Å². The third kappa shape index (κ3) is 7.72. The maximum absolute atomic E-state index is 10.4. The number of rotatable bonds is 3. The van der Waals surface area contributed by atoms with Gasteiger partial charge in [-0.15, -0.1) is 12.4 Å². The average molecular weight is 168 g/mol. The second kappa shape index (κ2) is 6.83. The number of esters is 1. The summed E-state index contributed by atoms with van der Waals surface area (Å²) < 4.78 is 4.41. The highest BCUT2D eigenvalue weighted by Gasteiger charge is 2.00. The summed E-state index contributed by atoms with van der Waals surface area (Å²) in [6.07, 6.45) is 1.13. The highest BCUT2D eigenvalue weighted by Crippen LogP contribution is 1.93. The Balaban J connectivity index is 0. The third-order valence-corrected chi connectivity index (χ3v) is 1.03. The standard InChI is InChI=1S/C6H13NO2.ClH/c1-5(7)3-4-6(8)9-2;/h5H,3-4,7H2,1-2H3;1H. The van der Waals surface area contributed by atoms with Crippen LogP contribution < -0.4 is 5.73 Å². The lowest BCUT2D eigenvalue weighted by Crippen LogP contribution is -2.16. The monoisotopic (exact) mass is 167 g/mol. The molecule has 1 unspecified atom stereocenters. The second-order valence-electron chi connectivity index (χ2n) is 2.09. The van der Waals surface area contributed by atoms with Gasteiger partial charge in [0.15, 0.2) is 0 Å². The van der Waals surface area contributed by atoms with Crippen LogP contribution in [0, 0.1) is 0 Å². The number of ether oxygens (including phenoxy) is 1. The molecule has 0 fully saturated rings. The molecule has 4 heteroatoms. The third-order valence-electron chi connectivity index (χ3n) is 1.03. The van der Waals surface area contributed by atoms with E-state index in [1.807, 2.05) is 6.92 Å². The van der Waals surface area contributed by atoms with Crippen molar-refractivity contribution in [2.24, 2.45) is 5.73 Å². The number of halogens is 1. The zero-order valence-corrected chi connectivity index (χ0v) is 7.11. The zero-order valence-electron chi connectivity index (χ0n) is 6.29. The number of carbonyl (C=O) groups is 1. The van der Waals surface area contributed by atoms with Crippen molar-refractivity contribution >= 4 is 18.4 Å². The van der Waals surface area contributed by atoms with E-state index < -0.39 is 0 Å². The van der Waals surface area contributed by atoms with Crippen molar-refractivity contribution in [3.05, 3.63) is 0 Å². The lowest BCUT2D eigenvalue weighted by atomic mass is 10.2. The molecule has 0 saturated carbocycles. The summed E-state index contributed by atoms with van der Waals surface area (Å²) in [5, 5.41) is 0. The predicted octanol–water partition coefficient (Wildman–Crippen LogP) is 0.709. The van der Waals surface area contributed by atoms with Crippen LogP contribution in [0.4, 0.5) is 0 Å². The Kier molecular flexibility index (Phi) is 8.48. The Morgan fingerprint density at radius 3 is 2.50 bits per heavy atom. The molecular formula is C6H14ClNO2. The molecule has 2 N–H and O–H groups in total. The van der Waals surface area contributed by atoms with Gasteiger partial charge in [-0.05, 0) is 13.3 Å². The predicted molar refractivity (Wildman–Crippen MR) is 42.1 cm³/mol. The molecule has 0 aromatic carbocycles. The van der Waals surface area contributed by atoms with Gasteiger partial charge in [0.05, 0.1) is 7.11 Å². The quantitative estimate of drug-likeness (QED) is 0.630. The van der Waals surface area contributed by atoms with Crippen molar-refractivity contribution in [3.63, 3.8) is 0 Å². The summed E-state index contributed by atoms with van der Waals surface area (Å²) in [5.74, 6) is -0.188. The van der Waals surface area contributed by atoms with Crippen LogP contribution in [0.15, 0.2) is 0 Å². The zero-order chi connectivity index (χ0) is 7.28. The first kappa shape index (κ1) is 12.4. The fraction of sp³-hybridized carbons (Fsp3) is 0.833. The molecule has 0 aliphatic heterocycles. The molecule has 0 amide bonds. The van der Waals surface area contributed by atoms with Gasteiger partial charge in [-0.1, -0.05) is 0 Å². The van der Waals surface area contributed by atoms with Gasteiger partial charge in [0.25, 0.3) is 0 Å². The highest BCUT2D eigenvalue weighted by molar-refractivity contribution is 5.85. The molecule has 1 atom stereocenters. The minimum Gasteiger partial charge on any atom is -0.469 e. The van der Waals surface area contributed by atoms with Gasteiger partial charge in [-0.2, -0.15) is 0 Å². The van der Waals surface area contributed by atoms with Gasteiger partial charge < -0.3 is 10.5 Å². The topological polar surface area (TPSA) is 52.3 Å². The van der Waals surface area contributed by atoms with Crippen LogP contribution in [0.1, 0.15) is 19.8 Å². The molecule has 10 heavy (non-hydrogen) atoms. The first-order valence-electron chi connectivity index (χ1n) is 2.99. The fourth-order valence-electron chi connectivity index (χ4n) is 0.448. The molecule has 0 aromatic heterocycles. The lowest BCUT2D eigenvalue weighted by molar-refractivity contribution is -0.140. The van der Waals surface area contributed by atoms with Crippen molar-refractivity contribution in [2.45, 2.75) is 25.8 Å². The van der Waals surface area contributed by atoms with Crippen molar-refractivity contribution in [1.82, 2.24) is 0 Å². The van der Waals surface area contributed by atoms with Crippen LogP contribution in [-0.4, -0.2) is 19.1 Å². The van der Waals surface area contributed by atoms with E-state index in [0.717, 1.165) is 0 Å². The van der Waals surface area contributed by atoms with Crippen molar-refractivity contribution in [2.75, 3.05) is 7.11 Å². The van der Waals surface area contributed by atoms with Gasteiger partial charge in [-0.3, -0.25) is 4.79 Å². The minimum absolute atomic E-state index is 0. The van der Waals surface area contributed by atoms with Gasteiger partial charge in [0.1, 0.15) is 0 Å². The maximum Gasteiger partial charge on any atom is 0.305 e. The molecule has 0 aromatic rings. The molecule has 0 aliphatic rings. The Labute approximate surface area is 67.3 Å². The number of nitrogens with two attached hydrogens (primary N) is 1. The molecular weight excluding hydrogens is 154 g/mol. The second-order valence-corrected chi connectivity index (χ2v) is 2.09. The van der Waals surface area contributed by atoms with E-state index in [9.17, 15) is 4.79 Å². The number of hydrogen-bond acceptors (Lipinski definition) is 3. The molecule has 62 valence electrons. The van der Waals surface area contributed by atoms with Gasteiger partial charge in [0, 0.05) is 12.5 Å². The van der Waals surface area contributed by atoms with E-state index in [4.69, 9.17) is 5.73 Å². The lowest BCUT2D eigenvalue weighted by Gasteiger charge is -2.01. The molecule has 3 nitrogen and oxygen atoms in total. The van der Waals surface area contributed by atoms with Crippen LogP contribution in [0.3, 0.4) is 0 Å². The van der Waals surface area contributed by atoms with Crippen LogP contribution >= 0.6 is 12.4 Å². The Hall–Kier alpha value is -0.280. The van der Waals surface area contributed by atoms with Gasteiger partial charge >= 0.3 is 5.97 Å². The van der Waals surface area contributed by atoms with E-state index in [0.29, 0.717) is 12.8 Å². The summed E-state index contributed by atoms with van der Waals surface area (Å²) in [7, 11) is 1.38. The van der Waals surface area contributed by atoms with Crippen molar-refractivity contribution < 1.29 is 9.53 Å². The highest BCUT2D eigenvalue weighted by atomic mass is 35.5. The Bertz CT molecular complexity index is 95.7. The van der Waals surface area contributed by atoms with E-state index in [1.54, 1.807) is 0 Å². The molecule has 0 saturated heterocycles. The minimum atomic E-state index is -0.188. The van der Waals surface area contributed by atoms with Crippen LogP contribution in [-0.2, 0) is 9.53 Å². The largest absolute Gasteiger partial charge is 0.469 e. The summed E-state index contributed by atoms with van der Waals surface area (Å²) >= 11 is 0. The summed E-state index contributed by atoms with van der Waals surface area (Å²) in [5.41, 5.74) is 5.39. The van der Waals surface area contributed by atoms with Crippen molar-refractivity contribution in [3.8, 4) is 0 Å². The van der Waals surface area contributed by atoms with Crippen LogP contribution in [0.2, 0.25) is 0 Å². The first-order chi connectivity index (χ1) is 4.16. The number of hydrogen-bond donors (Lipinski definition) is 1. The molecule has 0 aliphatic carbocycles. The van der Waals surface area contributed by atoms with E-state index in [2.05, 4.69) is 4.74 Å². The fourth-order valence-corrected chi connectivity index (χ4v) is 0.448. The maximum atomic E-state index is 10.4. The molecule has 0 rings (SSSR count). The van der Waals surface area contributed by atoms with Gasteiger partial charge in [0.2, 0.25) is 0 Å². The smallest absolute Gasteiger partial charge is 0.305 e. The van der Waals surface area contributed by atoms with E-state index in [1.165, 1.54) is 7.11 Å². The summed E-state index contributed by atoms with van der Waals surface area (Å²) in [6.45, 7) is 1.86. The number of carbonyl (C=O) groups excluding carboxylic acids is 1. The Morgan fingerprint density at radius 1 is 1.70 bits per heavy atom. The Morgan fingerprint density at radius 2 is 2.20 bits per heavy atom. The van der Waals surface area contributed by atoms with Crippen LogP contribution in [0.25, 0.3) is 0 Å². The SMILES string of the molecule is COC(=O)CCC(C)N.Cl. The average Bonchev–Trinajstić information content (AvgIpc) is 1.83. The molecule has 0 heterocycles. The molecule has 0 spiro atoms. The summed E-state index contributed by atoms with van der Waals surface area (Å²) in [4.78, 5) is 10.4. The molecule has 0 bridgehead atoms.